The van der Waals surface area contributed by atoms with E-state index in [0.29, 0.717) is 13.1 Å². The molecule has 0 saturated carbocycles. The Morgan fingerprint density at radius 1 is 1.12 bits per heavy atom. The standard InChI is InChI=1S/C24H29N7O2S/c1-25-23-14-18(7-8-26-23)22-6-5-21-19(4-3-9-30-10-12-34(32,33)13-11-30)16-31(24(21)28-22)20-15-27-29(2)17-20/h5-8,14-17H,3-4,9-13H2,1-2H3,(H,25,26). The lowest BCUT2D eigenvalue weighted by Gasteiger charge is -2.26. The SMILES string of the molecule is CNc1cc(-c2ccc3c(CCCN4CCS(=O)(=O)CC4)cn(-c4cnn(C)c4)c3n2)ccn1. The average Bonchev–Trinajstić information content (AvgIpc) is 3.43. The zero-order valence-corrected chi connectivity index (χ0v) is 20.3. The van der Waals surface area contributed by atoms with Crippen LogP contribution in [0.3, 0.4) is 0 Å². The van der Waals surface area contributed by atoms with E-state index in [1.807, 2.05) is 38.6 Å². The van der Waals surface area contributed by atoms with Gasteiger partial charge in [-0.1, -0.05) is 0 Å². The van der Waals surface area contributed by atoms with Gasteiger partial charge >= 0.3 is 0 Å². The first-order valence-corrected chi connectivity index (χ1v) is 13.3. The van der Waals surface area contributed by atoms with Gasteiger partial charge in [-0.3, -0.25) is 9.25 Å². The molecule has 1 N–H and O–H groups in total. The molecule has 5 rings (SSSR count). The van der Waals surface area contributed by atoms with Gasteiger partial charge in [0.15, 0.2) is 9.84 Å². The molecule has 4 aromatic rings. The highest BCUT2D eigenvalue weighted by Gasteiger charge is 2.21. The Morgan fingerprint density at radius 3 is 2.68 bits per heavy atom. The van der Waals surface area contributed by atoms with Crippen LogP contribution < -0.4 is 5.32 Å². The number of rotatable bonds is 7. The van der Waals surface area contributed by atoms with Gasteiger partial charge < -0.3 is 10.2 Å². The van der Waals surface area contributed by atoms with Crippen molar-refractivity contribution in [3.05, 3.63) is 54.6 Å². The number of fused-ring (bicyclic) bond motifs is 1. The third-order valence-electron chi connectivity index (χ3n) is 6.37. The Balaban J connectivity index is 1.44. The molecular weight excluding hydrogens is 450 g/mol. The molecule has 178 valence electrons. The van der Waals surface area contributed by atoms with Crippen molar-refractivity contribution in [2.75, 3.05) is 43.5 Å². The molecule has 1 fully saturated rings. The molecule has 0 atom stereocenters. The second-order valence-electron chi connectivity index (χ2n) is 8.74. The number of hydrogen-bond donors (Lipinski definition) is 1. The summed E-state index contributed by atoms with van der Waals surface area (Å²) in [5.74, 6) is 1.34. The van der Waals surface area contributed by atoms with Crippen LogP contribution in [-0.2, 0) is 23.3 Å². The molecule has 0 bridgehead atoms. The Morgan fingerprint density at radius 2 is 1.94 bits per heavy atom. The topological polar surface area (TPSA) is 97.9 Å². The van der Waals surface area contributed by atoms with Crippen molar-refractivity contribution in [3.63, 3.8) is 0 Å². The largest absolute Gasteiger partial charge is 0.373 e. The normalized spacial score (nSPS) is 16.2. The second-order valence-corrected chi connectivity index (χ2v) is 11.0. The number of pyridine rings is 2. The van der Waals surface area contributed by atoms with Crippen molar-refractivity contribution >= 4 is 26.7 Å². The highest BCUT2D eigenvalue weighted by atomic mass is 32.2. The third-order valence-corrected chi connectivity index (χ3v) is 7.98. The first-order chi connectivity index (χ1) is 16.4. The summed E-state index contributed by atoms with van der Waals surface area (Å²) in [5, 5.41) is 8.55. The van der Waals surface area contributed by atoms with Crippen LogP contribution >= 0.6 is 0 Å². The van der Waals surface area contributed by atoms with E-state index >= 15 is 0 Å². The fraction of sp³-hybridized carbons (Fsp3) is 0.375. The smallest absolute Gasteiger partial charge is 0.152 e. The minimum Gasteiger partial charge on any atom is -0.373 e. The molecule has 4 aromatic heterocycles. The number of aryl methyl sites for hydroxylation is 2. The molecule has 9 nitrogen and oxygen atoms in total. The molecule has 0 aliphatic carbocycles. The lowest BCUT2D eigenvalue weighted by atomic mass is 10.1. The molecule has 0 radical (unpaired) electrons. The fourth-order valence-electron chi connectivity index (χ4n) is 4.45. The third kappa shape index (κ3) is 4.69. The summed E-state index contributed by atoms with van der Waals surface area (Å²) < 4.78 is 27.3. The van der Waals surface area contributed by atoms with Crippen LogP contribution in [0.15, 0.2) is 49.1 Å². The number of hydrogen-bond acceptors (Lipinski definition) is 7. The van der Waals surface area contributed by atoms with Crippen LogP contribution in [0.25, 0.3) is 28.0 Å². The number of sulfone groups is 1. The molecule has 10 heteroatoms. The van der Waals surface area contributed by atoms with Crippen molar-refractivity contribution in [3.8, 4) is 16.9 Å². The molecule has 5 heterocycles. The highest BCUT2D eigenvalue weighted by Crippen LogP contribution is 2.28. The maximum atomic E-state index is 11.7. The average molecular weight is 480 g/mol. The summed E-state index contributed by atoms with van der Waals surface area (Å²) in [6.07, 6.45) is 9.63. The molecule has 1 saturated heterocycles. The second kappa shape index (κ2) is 9.19. The highest BCUT2D eigenvalue weighted by molar-refractivity contribution is 7.91. The minimum atomic E-state index is -2.85. The lowest BCUT2D eigenvalue weighted by Crippen LogP contribution is -2.40. The molecule has 0 spiro atoms. The Hall–Kier alpha value is -3.24. The monoisotopic (exact) mass is 479 g/mol. The summed E-state index contributed by atoms with van der Waals surface area (Å²) in [4.78, 5) is 11.6. The van der Waals surface area contributed by atoms with Gasteiger partial charge in [0.25, 0.3) is 0 Å². The van der Waals surface area contributed by atoms with E-state index in [0.717, 1.165) is 53.2 Å². The molecule has 0 aromatic carbocycles. The lowest BCUT2D eigenvalue weighted by molar-refractivity contribution is 0.292. The zero-order valence-electron chi connectivity index (χ0n) is 19.5. The molecular formula is C24H29N7O2S. The summed E-state index contributed by atoms with van der Waals surface area (Å²) in [6.45, 7) is 2.15. The van der Waals surface area contributed by atoms with E-state index in [4.69, 9.17) is 4.98 Å². The molecule has 1 aliphatic heterocycles. The Bertz CT molecular complexity index is 1410. The van der Waals surface area contributed by atoms with E-state index < -0.39 is 9.84 Å². The first-order valence-electron chi connectivity index (χ1n) is 11.5. The van der Waals surface area contributed by atoms with Crippen LogP contribution in [0.2, 0.25) is 0 Å². The van der Waals surface area contributed by atoms with Crippen molar-refractivity contribution < 1.29 is 8.42 Å². The summed E-state index contributed by atoms with van der Waals surface area (Å²) in [7, 11) is 0.912. The predicted octanol–water partition coefficient (Wildman–Crippen LogP) is 2.53. The van der Waals surface area contributed by atoms with Gasteiger partial charge in [0.05, 0.1) is 29.1 Å². The van der Waals surface area contributed by atoms with E-state index in [2.05, 4.69) is 43.2 Å². The van der Waals surface area contributed by atoms with Crippen molar-refractivity contribution in [1.82, 2.24) is 29.2 Å². The van der Waals surface area contributed by atoms with Gasteiger partial charge in [0.2, 0.25) is 0 Å². The number of aromatic nitrogens is 5. The first kappa shape index (κ1) is 22.5. The van der Waals surface area contributed by atoms with Gasteiger partial charge in [-0.25, -0.2) is 18.4 Å². The summed E-state index contributed by atoms with van der Waals surface area (Å²) in [5.41, 5.74) is 4.98. The predicted molar refractivity (Wildman–Crippen MR) is 134 cm³/mol. The molecule has 0 amide bonds. The van der Waals surface area contributed by atoms with Crippen LogP contribution in [0, 0.1) is 0 Å². The van der Waals surface area contributed by atoms with Crippen LogP contribution in [-0.4, -0.2) is 75.8 Å². The van der Waals surface area contributed by atoms with Crippen molar-refractivity contribution in [1.29, 1.82) is 0 Å². The van der Waals surface area contributed by atoms with E-state index in [9.17, 15) is 8.42 Å². The quantitative estimate of drug-likeness (QED) is 0.435. The minimum absolute atomic E-state index is 0.268. The van der Waals surface area contributed by atoms with Gasteiger partial charge in [-0.2, -0.15) is 5.10 Å². The van der Waals surface area contributed by atoms with E-state index in [1.54, 1.807) is 10.9 Å². The maximum absolute atomic E-state index is 11.7. The van der Waals surface area contributed by atoms with Crippen LogP contribution in [0.5, 0.6) is 0 Å². The number of anilines is 1. The van der Waals surface area contributed by atoms with Gasteiger partial charge in [0.1, 0.15) is 11.5 Å². The van der Waals surface area contributed by atoms with Crippen molar-refractivity contribution in [2.45, 2.75) is 12.8 Å². The van der Waals surface area contributed by atoms with Crippen LogP contribution in [0.4, 0.5) is 5.82 Å². The molecule has 0 unspecified atom stereocenters. The van der Waals surface area contributed by atoms with Gasteiger partial charge in [-0.05, 0) is 49.2 Å². The number of nitrogens with one attached hydrogen (secondary N) is 1. The van der Waals surface area contributed by atoms with E-state index in [1.165, 1.54) is 5.56 Å². The number of nitrogens with zero attached hydrogens (tertiary/aromatic N) is 6. The Labute approximate surface area is 199 Å². The summed E-state index contributed by atoms with van der Waals surface area (Å²) >= 11 is 0. The van der Waals surface area contributed by atoms with Crippen LogP contribution in [0.1, 0.15) is 12.0 Å². The summed E-state index contributed by atoms with van der Waals surface area (Å²) in [6, 6.07) is 8.16. The fourth-order valence-corrected chi connectivity index (χ4v) is 5.73. The van der Waals surface area contributed by atoms with Gasteiger partial charge in [0, 0.05) is 56.7 Å². The maximum Gasteiger partial charge on any atom is 0.152 e. The zero-order chi connectivity index (χ0) is 23.7. The molecule has 1 aliphatic rings. The van der Waals surface area contributed by atoms with Gasteiger partial charge in [-0.15, -0.1) is 0 Å². The van der Waals surface area contributed by atoms with E-state index in [-0.39, 0.29) is 11.5 Å². The van der Waals surface area contributed by atoms with Crippen molar-refractivity contribution in [2.24, 2.45) is 7.05 Å². The Kier molecular flexibility index (Phi) is 6.09. The molecule has 34 heavy (non-hydrogen) atoms.